The third-order valence-electron chi connectivity index (χ3n) is 6.69. The highest BCUT2D eigenvalue weighted by Gasteiger charge is 2.55. The number of nitriles is 1. The van der Waals surface area contributed by atoms with Gasteiger partial charge in [0.2, 0.25) is 12.4 Å². The minimum Gasteiger partial charge on any atom is -0.467 e. The van der Waals surface area contributed by atoms with Crippen molar-refractivity contribution in [1.29, 1.82) is 5.26 Å². The van der Waals surface area contributed by atoms with Crippen molar-refractivity contribution >= 4 is 23.9 Å². The Morgan fingerprint density at radius 3 is 1.97 bits per heavy atom. The van der Waals surface area contributed by atoms with E-state index in [4.69, 9.17) is 28.4 Å². The largest absolute Gasteiger partial charge is 0.467 e. The van der Waals surface area contributed by atoms with Crippen LogP contribution in [0.15, 0.2) is 24.3 Å². The lowest BCUT2D eigenvalue weighted by molar-refractivity contribution is -0.282. The Hall–Kier alpha value is -3.69. The molecule has 212 valence electrons. The lowest BCUT2D eigenvalue weighted by Gasteiger charge is -2.43. The Kier molecular flexibility index (Phi) is 9.88. The molecular formula is C27H33NO11. The van der Waals surface area contributed by atoms with Crippen molar-refractivity contribution in [3.05, 3.63) is 29.8 Å². The molecule has 4 unspecified atom stereocenters. The van der Waals surface area contributed by atoms with Crippen LogP contribution in [0.4, 0.5) is 0 Å². The Balaban J connectivity index is 1.92. The molecule has 1 saturated carbocycles. The van der Waals surface area contributed by atoms with E-state index in [2.05, 4.69) is 6.07 Å². The average Bonchev–Trinajstić information content (AvgIpc) is 2.87. The van der Waals surface area contributed by atoms with Crippen molar-refractivity contribution in [3.63, 3.8) is 0 Å². The van der Waals surface area contributed by atoms with E-state index >= 15 is 0 Å². The normalized spacial score (nSPS) is 26.7. The maximum absolute atomic E-state index is 12.6. The molecule has 3 rings (SSSR count). The molecule has 39 heavy (non-hydrogen) atoms. The molecule has 12 nitrogen and oxygen atoms in total. The summed E-state index contributed by atoms with van der Waals surface area (Å²) < 4.78 is 32.4. The highest BCUT2D eigenvalue weighted by molar-refractivity contribution is 5.77. The number of hydrogen-bond donors (Lipinski definition) is 1. The first-order chi connectivity index (χ1) is 18.5. The fourth-order valence-electron chi connectivity index (χ4n) is 5.01. The third kappa shape index (κ3) is 7.25. The highest BCUT2D eigenvalue weighted by Crippen LogP contribution is 2.40. The van der Waals surface area contributed by atoms with E-state index in [1.807, 2.05) is 0 Å². The minimum atomic E-state index is -1.58. The van der Waals surface area contributed by atoms with E-state index in [9.17, 15) is 29.5 Å². The summed E-state index contributed by atoms with van der Waals surface area (Å²) in [6, 6.07) is 8.54. The molecule has 2 fully saturated rings. The average molecular weight is 548 g/mol. The molecule has 1 aromatic rings. The number of methoxy groups -OCH3 is 1. The highest BCUT2D eigenvalue weighted by atomic mass is 16.7. The summed E-state index contributed by atoms with van der Waals surface area (Å²) in [4.78, 5) is 48.2. The quantitative estimate of drug-likeness (QED) is 0.372. The lowest BCUT2D eigenvalue weighted by Crippen LogP contribution is -2.64. The van der Waals surface area contributed by atoms with E-state index in [1.54, 1.807) is 12.1 Å². The first-order valence-corrected chi connectivity index (χ1v) is 12.6. The SMILES string of the molecule is COC(=O)C1O[C@@H](Oc2ccc(C(C#N)C3(O)CCCCC3)cc2)C(OC(C)=O)C(OC(C)=O)[C@@H]1OC(C)=O. The van der Waals surface area contributed by atoms with E-state index in [1.165, 1.54) is 12.1 Å². The first-order valence-electron chi connectivity index (χ1n) is 12.6. The molecule has 0 aromatic heterocycles. The number of nitrogens with zero attached hydrogens (tertiary/aromatic N) is 1. The number of ether oxygens (including phenoxy) is 6. The molecule has 0 radical (unpaired) electrons. The molecule has 1 aliphatic heterocycles. The summed E-state index contributed by atoms with van der Waals surface area (Å²) in [6.07, 6.45) is -3.74. The molecular weight excluding hydrogens is 514 g/mol. The topological polar surface area (TPSA) is 168 Å². The lowest BCUT2D eigenvalue weighted by atomic mass is 9.73. The van der Waals surface area contributed by atoms with Gasteiger partial charge in [-0.1, -0.05) is 31.4 Å². The predicted molar refractivity (Wildman–Crippen MR) is 131 cm³/mol. The number of benzene rings is 1. The molecule has 0 spiro atoms. The van der Waals surface area contributed by atoms with Crippen LogP contribution in [0, 0.1) is 11.3 Å². The van der Waals surface area contributed by atoms with Gasteiger partial charge in [-0.15, -0.1) is 0 Å². The van der Waals surface area contributed by atoms with Gasteiger partial charge in [0.25, 0.3) is 0 Å². The zero-order chi connectivity index (χ0) is 28.7. The Morgan fingerprint density at radius 1 is 0.923 bits per heavy atom. The fraction of sp³-hybridized carbons (Fsp3) is 0.593. The van der Waals surface area contributed by atoms with Crippen LogP contribution in [0.25, 0.3) is 0 Å². The van der Waals surface area contributed by atoms with Crippen molar-refractivity contribution in [2.45, 2.75) is 95.1 Å². The summed E-state index contributed by atoms with van der Waals surface area (Å²) in [5, 5.41) is 20.9. The van der Waals surface area contributed by atoms with E-state index in [-0.39, 0.29) is 5.75 Å². The summed E-state index contributed by atoms with van der Waals surface area (Å²) in [5.74, 6) is -3.87. The van der Waals surface area contributed by atoms with E-state index < -0.39 is 66.1 Å². The van der Waals surface area contributed by atoms with Gasteiger partial charge >= 0.3 is 23.9 Å². The second-order valence-electron chi connectivity index (χ2n) is 9.58. The third-order valence-corrected chi connectivity index (χ3v) is 6.69. The number of aliphatic hydroxyl groups is 1. The maximum Gasteiger partial charge on any atom is 0.339 e. The van der Waals surface area contributed by atoms with Gasteiger partial charge in [-0.2, -0.15) is 5.26 Å². The van der Waals surface area contributed by atoms with Crippen molar-refractivity contribution < 1.29 is 52.7 Å². The zero-order valence-corrected chi connectivity index (χ0v) is 22.3. The molecule has 1 N–H and O–H groups in total. The van der Waals surface area contributed by atoms with Gasteiger partial charge < -0.3 is 33.5 Å². The summed E-state index contributed by atoms with van der Waals surface area (Å²) in [7, 11) is 1.09. The molecule has 2 aliphatic rings. The Morgan fingerprint density at radius 2 is 1.46 bits per heavy atom. The second kappa shape index (κ2) is 12.9. The van der Waals surface area contributed by atoms with Crippen LogP contribution in [0.5, 0.6) is 5.75 Å². The van der Waals surface area contributed by atoms with Gasteiger partial charge in [-0.25, -0.2) is 4.79 Å². The fourth-order valence-corrected chi connectivity index (χ4v) is 5.01. The molecule has 1 aliphatic carbocycles. The van der Waals surface area contributed by atoms with E-state index in [0.29, 0.717) is 18.4 Å². The van der Waals surface area contributed by atoms with Crippen LogP contribution in [0.2, 0.25) is 0 Å². The monoisotopic (exact) mass is 547 g/mol. The summed E-state index contributed by atoms with van der Waals surface area (Å²) >= 11 is 0. The standard InChI is InChI=1S/C27H33NO11/c1-15(29)35-21-22(36-16(2)30)24(37-17(3)31)26(39-23(21)25(32)34-4)38-19-10-8-18(9-11-19)20(14-28)27(33)12-6-5-7-13-27/h8-11,20-24,26,33H,5-7,12-13H2,1-4H3/t20?,21-,22?,23?,24?,26+/m0/s1. The van der Waals surface area contributed by atoms with Crippen LogP contribution >= 0.6 is 0 Å². The molecule has 0 bridgehead atoms. The molecule has 1 heterocycles. The maximum atomic E-state index is 12.6. The predicted octanol–water partition coefficient (Wildman–Crippen LogP) is 2.06. The van der Waals surface area contributed by atoms with Gasteiger partial charge in [0.05, 0.1) is 24.7 Å². The number of carbonyl (C=O) groups excluding carboxylic acids is 4. The van der Waals surface area contributed by atoms with Gasteiger partial charge in [-0.05, 0) is 30.5 Å². The molecule has 0 amide bonds. The van der Waals surface area contributed by atoms with Crippen molar-refractivity contribution in [2.75, 3.05) is 7.11 Å². The first kappa shape index (κ1) is 29.9. The van der Waals surface area contributed by atoms with E-state index in [0.717, 1.165) is 47.1 Å². The molecule has 1 aromatic carbocycles. The summed E-state index contributed by atoms with van der Waals surface area (Å²) in [5.41, 5.74) is -0.533. The molecule has 12 heteroatoms. The van der Waals surface area contributed by atoms with Crippen LogP contribution < -0.4 is 4.74 Å². The van der Waals surface area contributed by atoms with Gasteiger partial charge in [0, 0.05) is 20.8 Å². The molecule has 1 saturated heterocycles. The second-order valence-corrected chi connectivity index (χ2v) is 9.58. The van der Waals surface area contributed by atoms with Gasteiger partial charge in [0.15, 0.2) is 18.3 Å². The number of rotatable bonds is 8. The minimum absolute atomic E-state index is 0.198. The van der Waals surface area contributed by atoms with Crippen LogP contribution in [-0.2, 0) is 42.9 Å². The number of esters is 4. The zero-order valence-electron chi connectivity index (χ0n) is 22.3. The number of hydrogen-bond acceptors (Lipinski definition) is 12. The van der Waals surface area contributed by atoms with Crippen LogP contribution in [0.3, 0.4) is 0 Å². The Labute approximate surface area is 226 Å². The number of carbonyl (C=O) groups is 4. The molecule has 6 atom stereocenters. The smallest absolute Gasteiger partial charge is 0.339 e. The van der Waals surface area contributed by atoms with Crippen molar-refractivity contribution in [1.82, 2.24) is 0 Å². The van der Waals surface area contributed by atoms with Gasteiger partial charge in [-0.3, -0.25) is 14.4 Å². The van der Waals surface area contributed by atoms with Crippen LogP contribution in [0.1, 0.15) is 64.4 Å². The Bertz CT molecular complexity index is 1090. The van der Waals surface area contributed by atoms with Crippen molar-refractivity contribution in [2.24, 2.45) is 0 Å². The van der Waals surface area contributed by atoms with Crippen LogP contribution in [-0.4, -0.2) is 72.4 Å². The van der Waals surface area contributed by atoms with Gasteiger partial charge in [0.1, 0.15) is 5.75 Å². The summed E-state index contributed by atoms with van der Waals surface area (Å²) in [6.45, 7) is 3.29. The van der Waals surface area contributed by atoms with Crippen molar-refractivity contribution in [3.8, 4) is 11.8 Å².